The molecule has 0 radical (unpaired) electrons. The molecule has 0 aromatic heterocycles. The molecule has 0 aliphatic heterocycles. The second kappa shape index (κ2) is 8.53. The highest BCUT2D eigenvalue weighted by atomic mass is 16.4. The first kappa shape index (κ1) is 15.4. The Morgan fingerprint density at radius 3 is 1.07 bits per heavy atom. The summed E-state index contributed by atoms with van der Waals surface area (Å²) in [4.78, 5) is 19.6. The first-order chi connectivity index (χ1) is 6.25. The normalized spacial score (nSPS) is 9.57. The van der Waals surface area contributed by atoms with E-state index < -0.39 is 11.9 Å². The Balaban J connectivity index is 0. The summed E-state index contributed by atoms with van der Waals surface area (Å²) in [7, 11) is 0. The predicted molar refractivity (Wildman–Crippen MR) is 54.2 cm³/mol. The molecule has 4 heteroatoms. The molecule has 0 bridgehead atoms. The van der Waals surface area contributed by atoms with Crippen LogP contribution in [0.4, 0.5) is 0 Å². The van der Waals surface area contributed by atoms with E-state index in [0.717, 1.165) is 0 Å². The van der Waals surface area contributed by atoms with E-state index in [0.29, 0.717) is 0 Å². The maximum absolute atomic E-state index is 9.81. The molecule has 84 valence electrons. The van der Waals surface area contributed by atoms with Crippen molar-refractivity contribution in [2.75, 3.05) is 0 Å². The smallest absolute Gasteiger partial charge is 0.303 e. The standard InChI is InChI=1S/2C5H10O2/c2*1-4(2)3-5(6)7/h2*4H,3H2,1-2H3,(H,6,7). The van der Waals surface area contributed by atoms with Crippen molar-refractivity contribution in [3.63, 3.8) is 0 Å². The van der Waals surface area contributed by atoms with Crippen molar-refractivity contribution in [2.45, 2.75) is 40.5 Å². The zero-order valence-electron chi connectivity index (χ0n) is 9.28. The van der Waals surface area contributed by atoms with E-state index in [1.54, 1.807) is 0 Å². The van der Waals surface area contributed by atoms with Crippen LogP contribution in [0.1, 0.15) is 40.5 Å². The summed E-state index contributed by atoms with van der Waals surface area (Å²) in [5.41, 5.74) is 0. The van der Waals surface area contributed by atoms with Crippen molar-refractivity contribution < 1.29 is 19.8 Å². The first-order valence-corrected chi connectivity index (χ1v) is 4.69. The Morgan fingerprint density at radius 2 is 1.07 bits per heavy atom. The molecule has 14 heavy (non-hydrogen) atoms. The van der Waals surface area contributed by atoms with Crippen LogP contribution in [0, 0.1) is 11.8 Å². The zero-order chi connectivity index (χ0) is 11.7. The lowest BCUT2D eigenvalue weighted by atomic mass is 10.1. The molecule has 0 heterocycles. The van der Waals surface area contributed by atoms with Crippen LogP contribution < -0.4 is 0 Å². The van der Waals surface area contributed by atoms with Crippen molar-refractivity contribution >= 4 is 11.9 Å². The van der Waals surface area contributed by atoms with Crippen LogP contribution in [0.5, 0.6) is 0 Å². The van der Waals surface area contributed by atoms with E-state index in [1.165, 1.54) is 0 Å². The van der Waals surface area contributed by atoms with Gasteiger partial charge in [-0.1, -0.05) is 27.7 Å². The van der Waals surface area contributed by atoms with Gasteiger partial charge in [-0.05, 0) is 11.8 Å². The van der Waals surface area contributed by atoms with Crippen LogP contribution in [-0.2, 0) is 9.59 Å². The van der Waals surface area contributed by atoms with Gasteiger partial charge in [-0.25, -0.2) is 0 Å². The van der Waals surface area contributed by atoms with Crippen molar-refractivity contribution in [2.24, 2.45) is 11.8 Å². The molecule has 0 unspecified atom stereocenters. The minimum absolute atomic E-state index is 0.275. The van der Waals surface area contributed by atoms with E-state index in [2.05, 4.69) is 0 Å². The Kier molecular flexibility index (Phi) is 9.40. The van der Waals surface area contributed by atoms with E-state index in [9.17, 15) is 9.59 Å². The topological polar surface area (TPSA) is 74.6 Å². The van der Waals surface area contributed by atoms with E-state index in [4.69, 9.17) is 10.2 Å². The van der Waals surface area contributed by atoms with Gasteiger partial charge in [0, 0.05) is 12.8 Å². The van der Waals surface area contributed by atoms with Crippen molar-refractivity contribution in [3.05, 3.63) is 0 Å². The Hall–Kier alpha value is -1.06. The highest BCUT2D eigenvalue weighted by Gasteiger charge is 1.99. The fraction of sp³-hybridized carbons (Fsp3) is 0.800. The van der Waals surface area contributed by atoms with Gasteiger partial charge in [0.1, 0.15) is 0 Å². The molecule has 0 aliphatic rings. The lowest BCUT2D eigenvalue weighted by molar-refractivity contribution is -0.138. The van der Waals surface area contributed by atoms with Gasteiger partial charge in [0.15, 0.2) is 0 Å². The number of carboxylic acids is 2. The van der Waals surface area contributed by atoms with E-state index >= 15 is 0 Å². The number of carbonyl (C=O) groups is 2. The predicted octanol–water partition coefficient (Wildman–Crippen LogP) is 2.23. The molecule has 0 atom stereocenters. The summed E-state index contributed by atoms with van der Waals surface area (Å²) in [5, 5.41) is 16.2. The zero-order valence-corrected chi connectivity index (χ0v) is 9.28. The molecule has 0 aliphatic carbocycles. The Morgan fingerprint density at radius 1 is 0.857 bits per heavy atom. The van der Waals surface area contributed by atoms with E-state index in [1.807, 2.05) is 27.7 Å². The number of hydrogen-bond acceptors (Lipinski definition) is 2. The summed E-state index contributed by atoms with van der Waals surface area (Å²) in [6, 6.07) is 0. The molecule has 0 aromatic carbocycles. The van der Waals surface area contributed by atoms with Crippen LogP contribution >= 0.6 is 0 Å². The average Bonchev–Trinajstić information content (AvgIpc) is 1.79. The van der Waals surface area contributed by atoms with Crippen LogP contribution in [0.15, 0.2) is 0 Å². The van der Waals surface area contributed by atoms with Gasteiger partial charge < -0.3 is 10.2 Å². The largest absolute Gasteiger partial charge is 0.481 e. The number of carboxylic acid groups (broad SMARTS) is 2. The van der Waals surface area contributed by atoms with Gasteiger partial charge in [0.25, 0.3) is 0 Å². The number of rotatable bonds is 4. The van der Waals surface area contributed by atoms with Crippen LogP contribution in [0.3, 0.4) is 0 Å². The molecule has 0 saturated heterocycles. The van der Waals surface area contributed by atoms with Gasteiger partial charge in [-0.3, -0.25) is 9.59 Å². The van der Waals surface area contributed by atoms with Crippen molar-refractivity contribution in [3.8, 4) is 0 Å². The van der Waals surface area contributed by atoms with Crippen LogP contribution in [0.2, 0.25) is 0 Å². The summed E-state index contributed by atoms with van der Waals surface area (Å²) in [6.45, 7) is 7.53. The number of aliphatic carboxylic acids is 2. The molecule has 0 saturated carbocycles. The maximum Gasteiger partial charge on any atom is 0.303 e. The minimum Gasteiger partial charge on any atom is -0.481 e. The molecule has 4 nitrogen and oxygen atoms in total. The third-order valence-electron chi connectivity index (χ3n) is 1.17. The second-order valence-corrected chi connectivity index (χ2v) is 3.98. The lowest BCUT2D eigenvalue weighted by Crippen LogP contribution is -1.99. The van der Waals surface area contributed by atoms with Crippen LogP contribution in [0.25, 0.3) is 0 Å². The van der Waals surface area contributed by atoms with E-state index in [-0.39, 0.29) is 24.7 Å². The summed E-state index contributed by atoms with van der Waals surface area (Å²) < 4.78 is 0. The molecule has 0 rings (SSSR count). The molecule has 0 spiro atoms. The monoisotopic (exact) mass is 204 g/mol. The van der Waals surface area contributed by atoms with Gasteiger partial charge in [0.05, 0.1) is 0 Å². The quantitative estimate of drug-likeness (QED) is 0.736. The SMILES string of the molecule is CC(C)CC(=O)O.CC(C)CC(=O)O. The minimum atomic E-state index is -0.713. The molecule has 0 aromatic rings. The fourth-order valence-corrected chi connectivity index (χ4v) is 0.698. The summed E-state index contributed by atoms with van der Waals surface area (Å²) in [5.74, 6) is -0.875. The van der Waals surface area contributed by atoms with Crippen LogP contribution in [-0.4, -0.2) is 22.2 Å². The molecular weight excluding hydrogens is 184 g/mol. The highest BCUT2D eigenvalue weighted by Crippen LogP contribution is 1.97. The molecular formula is C10H20O4. The fourth-order valence-electron chi connectivity index (χ4n) is 0.698. The third kappa shape index (κ3) is 22.4. The summed E-state index contributed by atoms with van der Waals surface area (Å²) >= 11 is 0. The third-order valence-corrected chi connectivity index (χ3v) is 1.17. The lowest BCUT2D eigenvalue weighted by Gasteiger charge is -1.94. The first-order valence-electron chi connectivity index (χ1n) is 4.69. The number of hydrogen-bond donors (Lipinski definition) is 2. The molecule has 0 amide bonds. The molecule has 2 N–H and O–H groups in total. The van der Waals surface area contributed by atoms with Gasteiger partial charge in [-0.2, -0.15) is 0 Å². The highest BCUT2D eigenvalue weighted by molar-refractivity contribution is 5.67. The second-order valence-electron chi connectivity index (χ2n) is 3.98. The van der Waals surface area contributed by atoms with Crippen molar-refractivity contribution in [1.82, 2.24) is 0 Å². The summed E-state index contributed by atoms with van der Waals surface area (Å²) in [6.07, 6.45) is 0.556. The average molecular weight is 204 g/mol. The van der Waals surface area contributed by atoms with Gasteiger partial charge in [-0.15, -0.1) is 0 Å². The van der Waals surface area contributed by atoms with Gasteiger partial charge in [0.2, 0.25) is 0 Å². The molecule has 0 fully saturated rings. The van der Waals surface area contributed by atoms with Gasteiger partial charge >= 0.3 is 11.9 Å². The van der Waals surface area contributed by atoms with Crippen molar-refractivity contribution in [1.29, 1.82) is 0 Å². The maximum atomic E-state index is 9.81. The Labute approximate surface area is 84.9 Å². The Bertz CT molecular complexity index is 153.